The Balaban J connectivity index is 1.89. The molecule has 2 amide bonds. The monoisotopic (exact) mass is 530 g/mol. The van der Waals surface area contributed by atoms with Crippen LogP contribution in [0.15, 0.2) is 47.6 Å². The van der Waals surface area contributed by atoms with E-state index in [4.69, 9.17) is 30.4 Å². The molecule has 0 aromatic heterocycles. The summed E-state index contributed by atoms with van der Waals surface area (Å²) in [7, 11) is 0. The van der Waals surface area contributed by atoms with E-state index in [1.54, 1.807) is 47.4 Å². The standard InChI is InChI=1S/C27H38N4O7/c1-18(2)31(19(3)4)27(33)23-13-12-22(16-24(23)38-17-25(32)29-34)37-15-7-5-6-14-36-21-10-8-20(9-11-21)26(28)30-35/h8-13,16,18-19,34-35H,5-7,14-15,17H2,1-4H3,(H2,28,30)(H,29,32). The maximum absolute atomic E-state index is 13.2. The van der Waals surface area contributed by atoms with Gasteiger partial charge in [0, 0.05) is 23.7 Å². The number of nitrogens with one attached hydrogen (secondary N) is 1. The first-order valence-corrected chi connectivity index (χ1v) is 12.5. The fraction of sp³-hybridized carbons (Fsp3) is 0.444. The molecule has 0 aliphatic rings. The van der Waals surface area contributed by atoms with Crippen LogP contribution in [0.1, 0.15) is 62.9 Å². The maximum atomic E-state index is 13.2. The fourth-order valence-electron chi connectivity index (χ4n) is 3.81. The smallest absolute Gasteiger partial charge is 0.281 e. The molecule has 2 aromatic carbocycles. The zero-order valence-electron chi connectivity index (χ0n) is 22.3. The average Bonchev–Trinajstić information content (AvgIpc) is 2.90. The van der Waals surface area contributed by atoms with E-state index in [0.29, 0.717) is 35.8 Å². The minimum absolute atomic E-state index is 0.0325. The number of nitrogens with zero attached hydrogens (tertiary/aromatic N) is 2. The van der Waals surface area contributed by atoms with Gasteiger partial charge in [-0.15, -0.1) is 0 Å². The second kappa shape index (κ2) is 15.3. The van der Waals surface area contributed by atoms with Crippen LogP contribution in [-0.4, -0.2) is 64.9 Å². The highest BCUT2D eigenvalue weighted by Gasteiger charge is 2.25. The lowest BCUT2D eigenvalue weighted by atomic mass is 10.1. The van der Waals surface area contributed by atoms with Crippen molar-refractivity contribution in [2.24, 2.45) is 10.9 Å². The molecule has 0 saturated heterocycles. The summed E-state index contributed by atoms with van der Waals surface area (Å²) < 4.78 is 17.1. The molecule has 0 radical (unpaired) electrons. The molecule has 2 rings (SSSR count). The summed E-state index contributed by atoms with van der Waals surface area (Å²) in [4.78, 5) is 26.4. The van der Waals surface area contributed by atoms with Gasteiger partial charge >= 0.3 is 0 Å². The zero-order chi connectivity index (χ0) is 28.1. The summed E-state index contributed by atoms with van der Waals surface area (Å²) in [5, 5.41) is 20.5. The first kappa shape index (κ1) is 30.2. The molecule has 38 heavy (non-hydrogen) atoms. The molecule has 0 aliphatic heterocycles. The third-order valence-corrected chi connectivity index (χ3v) is 5.60. The molecule has 5 N–H and O–H groups in total. The molecule has 0 aliphatic carbocycles. The zero-order valence-corrected chi connectivity index (χ0v) is 22.3. The van der Waals surface area contributed by atoms with Gasteiger partial charge in [-0.2, -0.15) is 0 Å². The number of hydrogen-bond acceptors (Lipinski definition) is 8. The predicted octanol–water partition coefficient (Wildman–Crippen LogP) is 3.55. The summed E-state index contributed by atoms with van der Waals surface area (Å²) >= 11 is 0. The van der Waals surface area contributed by atoms with Gasteiger partial charge < -0.3 is 30.1 Å². The predicted molar refractivity (Wildman–Crippen MR) is 142 cm³/mol. The Morgan fingerprint density at radius 1 is 0.921 bits per heavy atom. The lowest BCUT2D eigenvalue weighted by Gasteiger charge is -2.31. The molecule has 0 atom stereocenters. The summed E-state index contributed by atoms with van der Waals surface area (Å²) in [5.74, 6) is 0.486. The molecular weight excluding hydrogens is 492 g/mol. The highest BCUT2D eigenvalue weighted by molar-refractivity contribution is 5.98. The fourth-order valence-corrected chi connectivity index (χ4v) is 3.81. The number of amides is 2. The van der Waals surface area contributed by atoms with E-state index >= 15 is 0 Å². The van der Waals surface area contributed by atoms with Crippen molar-refractivity contribution < 1.29 is 34.2 Å². The first-order valence-electron chi connectivity index (χ1n) is 12.5. The van der Waals surface area contributed by atoms with Gasteiger partial charge in [0.25, 0.3) is 11.8 Å². The highest BCUT2D eigenvalue weighted by atomic mass is 16.5. The van der Waals surface area contributed by atoms with Gasteiger partial charge in [0.15, 0.2) is 12.4 Å². The van der Waals surface area contributed by atoms with Gasteiger partial charge in [0.05, 0.1) is 18.8 Å². The van der Waals surface area contributed by atoms with Crippen LogP contribution in [0.3, 0.4) is 0 Å². The van der Waals surface area contributed by atoms with Crippen molar-refractivity contribution >= 4 is 17.6 Å². The maximum Gasteiger partial charge on any atom is 0.281 e. The highest BCUT2D eigenvalue weighted by Crippen LogP contribution is 2.28. The number of carbonyl (C=O) groups excluding carboxylic acids is 2. The van der Waals surface area contributed by atoms with E-state index in [1.165, 1.54) is 5.48 Å². The second-order valence-corrected chi connectivity index (χ2v) is 9.15. The Bertz CT molecular complexity index is 1060. The lowest BCUT2D eigenvalue weighted by molar-refractivity contribution is -0.131. The van der Waals surface area contributed by atoms with E-state index in [9.17, 15) is 9.59 Å². The number of hydrogen-bond donors (Lipinski definition) is 4. The Morgan fingerprint density at radius 3 is 2.05 bits per heavy atom. The number of nitrogens with two attached hydrogens (primary N) is 1. The quantitative estimate of drug-likeness (QED) is 0.0680. The number of amidine groups is 1. The number of oxime groups is 1. The van der Waals surface area contributed by atoms with Gasteiger partial charge in [0.2, 0.25) is 0 Å². The molecule has 0 fully saturated rings. The third kappa shape index (κ3) is 9.15. The molecule has 0 bridgehead atoms. The summed E-state index contributed by atoms with van der Waals surface area (Å²) in [6, 6.07) is 11.8. The number of ether oxygens (including phenoxy) is 3. The third-order valence-electron chi connectivity index (χ3n) is 5.60. The molecular formula is C27H38N4O7. The summed E-state index contributed by atoms with van der Waals surface area (Å²) in [5.41, 5.74) is 7.98. The van der Waals surface area contributed by atoms with Crippen LogP contribution in [0.5, 0.6) is 17.2 Å². The van der Waals surface area contributed by atoms with E-state index in [2.05, 4.69) is 5.16 Å². The topological polar surface area (TPSA) is 156 Å². The van der Waals surface area contributed by atoms with Gasteiger partial charge in [0.1, 0.15) is 17.2 Å². The van der Waals surface area contributed by atoms with Gasteiger partial charge in [-0.05, 0) is 83.4 Å². The normalized spacial score (nSPS) is 11.4. The number of rotatable bonds is 15. The van der Waals surface area contributed by atoms with Crippen molar-refractivity contribution in [2.45, 2.75) is 59.0 Å². The molecule has 0 unspecified atom stereocenters. The van der Waals surface area contributed by atoms with Crippen LogP contribution in [0.2, 0.25) is 0 Å². The number of hydroxylamine groups is 1. The van der Waals surface area contributed by atoms with Crippen LogP contribution in [0.25, 0.3) is 0 Å². The number of carbonyl (C=O) groups is 2. The lowest BCUT2D eigenvalue weighted by Crippen LogP contribution is -2.42. The van der Waals surface area contributed by atoms with Crippen molar-refractivity contribution in [3.63, 3.8) is 0 Å². The Kier molecular flexibility index (Phi) is 12.2. The molecule has 0 spiro atoms. The molecule has 2 aromatic rings. The van der Waals surface area contributed by atoms with Crippen molar-refractivity contribution in [1.29, 1.82) is 0 Å². The first-order chi connectivity index (χ1) is 18.2. The SMILES string of the molecule is CC(C)N(C(=O)c1ccc(OCCCCCOc2ccc(/C(N)=N\O)cc2)cc1OCC(=O)NO)C(C)C. The van der Waals surface area contributed by atoms with Gasteiger partial charge in [-0.1, -0.05) is 5.16 Å². The molecule has 11 nitrogen and oxygen atoms in total. The molecule has 0 heterocycles. The van der Waals surface area contributed by atoms with Gasteiger partial charge in [-0.25, -0.2) is 5.48 Å². The van der Waals surface area contributed by atoms with E-state index < -0.39 is 12.5 Å². The van der Waals surface area contributed by atoms with Gasteiger partial charge in [-0.3, -0.25) is 14.8 Å². The second-order valence-electron chi connectivity index (χ2n) is 9.15. The largest absolute Gasteiger partial charge is 0.494 e. The molecule has 11 heteroatoms. The average molecular weight is 531 g/mol. The van der Waals surface area contributed by atoms with Crippen LogP contribution < -0.4 is 25.4 Å². The van der Waals surface area contributed by atoms with Crippen LogP contribution >= 0.6 is 0 Å². The number of benzene rings is 2. The van der Waals surface area contributed by atoms with Crippen LogP contribution in [-0.2, 0) is 4.79 Å². The van der Waals surface area contributed by atoms with Crippen molar-refractivity contribution in [3.8, 4) is 17.2 Å². The Morgan fingerprint density at radius 2 is 1.50 bits per heavy atom. The van der Waals surface area contributed by atoms with Crippen LogP contribution in [0, 0.1) is 0 Å². The summed E-state index contributed by atoms with van der Waals surface area (Å²) in [6.07, 6.45) is 2.48. The van der Waals surface area contributed by atoms with Crippen molar-refractivity contribution in [3.05, 3.63) is 53.6 Å². The van der Waals surface area contributed by atoms with Crippen LogP contribution in [0.4, 0.5) is 0 Å². The Labute approximate surface area is 223 Å². The Hall–Kier alpha value is -3.99. The minimum Gasteiger partial charge on any atom is -0.494 e. The number of unbranched alkanes of at least 4 members (excludes halogenated alkanes) is 2. The summed E-state index contributed by atoms with van der Waals surface area (Å²) in [6.45, 7) is 8.26. The van der Waals surface area contributed by atoms with E-state index in [1.807, 2.05) is 27.7 Å². The molecule has 0 saturated carbocycles. The molecule has 208 valence electrons. The van der Waals surface area contributed by atoms with E-state index in [-0.39, 0.29) is 29.6 Å². The van der Waals surface area contributed by atoms with Crippen molar-refractivity contribution in [1.82, 2.24) is 10.4 Å². The van der Waals surface area contributed by atoms with E-state index in [0.717, 1.165) is 19.3 Å². The minimum atomic E-state index is -0.736. The van der Waals surface area contributed by atoms with Crippen molar-refractivity contribution in [2.75, 3.05) is 19.8 Å².